The molecule has 2 atom stereocenters. The maximum Gasteiger partial charge on any atom is 0.323 e. The minimum atomic E-state index is -1.15. The van der Waals surface area contributed by atoms with E-state index >= 15 is 0 Å². The van der Waals surface area contributed by atoms with Crippen molar-refractivity contribution in [1.29, 1.82) is 5.41 Å². The molecule has 1 fully saturated rings. The number of carboxylic acids is 1. The molecule has 14 nitrogen and oxygen atoms in total. The van der Waals surface area contributed by atoms with Crippen molar-refractivity contribution >= 4 is 47.9 Å². The molecular formula is C29H39ClN8O6. The molecule has 0 radical (unpaired) electrons. The zero-order chi connectivity index (χ0) is 31.5. The Morgan fingerprint density at radius 1 is 1.05 bits per heavy atom. The number of nitrogen functional groups attached to an aromatic ring is 1. The van der Waals surface area contributed by atoms with Crippen LogP contribution < -0.4 is 27.3 Å². The van der Waals surface area contributed by atoms with Crippen molar-refractivity contribution in [3.05, 3.63) is 65.2 Å². The second-order valence-electron chi connectivity index (χ2n) is 10.1. The summed E-state index contributed by atoms with van der Waals surface area (Å²) in [7, 11) is 1.54. The highest BCUT2D eigenvalue weighted by Crippen LogP contribution is 2.21. The number of unbranched alkanes of at least 4 members (excludes halogenated alkanes) is 1. The predicted molar refractivity (Wildman–Crippen MR) is 167 cm³/mol. The van der Waals surface area contributed by atoms with Gasteiger partial charge in [-0.1, -0.05) is 24.3 Å². The number of guanidine groups is 1. The lowest BCUT2D eigenvalue weighted by Gasteiger charge is -2.41. The van der Waals surface area contributed by atoms with Crippen LogP contribution >= 0.6 is 12.4 Å². The SMILES string of the molecule is COc1ccc(CC(NC(=O)c2ccc(C(=N)N)cc2)C(=O)N2CCN(CC(=O)O)C(=O)[C@@H]2CCCCN=C(N)N)cc1.Cl. The summed E-state index contributed by atoms with van der Waals surface area (Å²) in [6.07, 6.45) is 1.43. The van der Waals surface area contributed by atoms with Crippen molar-refractivity contribution in [3.8, 4) is 5.75 Å². The first kappa shape index (κ1) is 35.3. The molecule has 15 heteroatoms. The molecule has 9 N–H and O–H groups in total. The van der Waals surface area contributed by atoms with E-state index in [0.717, 1.165) is 5.56 Å². The smallest absolute Gasteiger partial charge is 0.323 e. The fourth-order valence-corrected chi connectivity index (χ4v) is 4.80. The number of piperazine rings is 1. The molecular weight excluding hydrogens is 592 g/mol. The number of nitrogens with one attached hydrogen (secondary N) is 2. The summed E-state index contributed by atoms with van der Waals surface area (Å²) in [5.74, 6) is -2.18. The summed E-state index contributed by atoms with van der Waals surface area (Å²) in [5.41, 5.74) is 17.7. The molecule has 1 unspecified atom stereocenters. The highest BCUT2D eigenvalue weighted by molar-refractivity contribution is 6.00. The molecule has 2 aromatic carbocycles. The van der Waals surface area contributed by atoms with E-state index in [2.05, 4.69) is 10.3 Å². The number of methoxy groups -OCH3 is 1. The third kappa shape index (κ3) is 9.87. The number of aliphatic carboxylic acids is 1. The number of carboxylic acid groups (broad SMARTS) is 1. The number of hydrogen-bond acceptors (Lipinski definition) is 7. The van der Waals surface area contributed by atoms with Gasteiger partial charge in [0.1, 0.15) is 30.2 Å². The summed E-state index contributed by atoms with van der Waals surface area (Å²) in [5, 5.41) is 19.7. The molecule has 0 aliphatic carbocycles. The van der Waals surface area contributed by atoms with Crippen molar-refractivity contribution in [2.75, 3.05) is 33.3 Å². The van der Waals surface area contributed by atoms with E-state index in [4.69, 9.17) is 27.3 Å². The van der Waals surface area contributed by atoms with Gasteiger partial charge in [-0.3, -0.25) is 29.6 Å². The fourth-order valence-electron chi connectivity index (χ4n) is 4.80. The minimum Gasteiger partial charge on any atom is -0.497 e. The van der Waals surface area contributed by atoms with Crippen LogP contribution in [0.3, 0.4) is 0 Å². The van der Waals surface area contributed by atoms with Crippen LogP contribution in [0, 0.1) is 5.41 Å². The topological polar surface area (TPSA) is 231 Å². The van der Waals surface area contributed by atoms with Crippen LogP contribution in [0.25, 0.3) is 0 Å². The zero-order valence-electron chi connectivity index (χ0n) is 24.4. The molecule has 44 heavy (non-hydrogen) atoms. The molecule has 238 valence electrons. The molecule has 0 bridgehead atoms. The Hall–Kier alpha value is -4.85. The molecule has 1 heterocycles. The summed E-state index contributed by atoms with van der Waals surface area (Å²) in [4.78, 5) is 58.7. The summed E-state index contributed by atoms with van der Waals surface area (Å²) < 4.78 is 5.22. The third-order valence-electron chi connectivity index (χ3n) is 7.03. The molecule has 0 saturated carbocycles. The lowest BCUT2D eigenvalue weighted by molar-refractivity contribution is -0.156. The second-order valence-corrected chi connectivity index (χ2v) is 10.1. The van der Waals surface area contributed by atoms with Crippen LogP contribution in [-0.2, 0) is 20.8 Å². The number of hydrogen-bond donors (Lipinski definition) is 6. The highest BCUT2D eigenvalue weighted by Gasteiger charge is 2.40. The van der Waals surface area contributed by atoms with Gasteiger partial charge in [0.25, 0.3) is 5.91 Å². The standard InChI is InChI=1S/C29H38N8O6.ClH/c1-43-21-11-5-18(6-12-21)16-22(35-26(40)20-9-7-19(8-10-20)25(30)31)27(41)37-15-14-36(17-24(38)39)28(42)23(37)4-2-3-13-34-29(32)33;/h5-12,22-23H,2-4,13-17H2,1H3,(H3,30,31)(H,35,40)(H,38,39)(H4,32,33,34);1H/t22?,23-;/m0./s1. The third-order valence-corrected chi connectivity index (χ3v) is 7.03. The van der Waals surface area contributed by atoms with Crippen LogP contribution in [0.15, 0.2) is 53.5 Å². The van der Waals surface area contributed by atoms with E-state index in [1.54, 1.807) is 24.3 Å². The Labute approximate surface area is 261 Å². The molecule has 1 aliphatic heterocycles. The normalized spacial score (nSPS) is 15.0. The zero-order valence-corrected chi connectivity index (χ0v) is 25.2. The van der Waals surface area contributed by atoms with Gasteiger partial charge in [0.05, 0.1) is 7.11 Å². The molecule has 0 spiro atoms. The van der Waals surface area contributed by atoms with Gasteiger partial charge in [0.15, 0.2) is 5.96 Å². The van der Waals surface area contributed by atoms with Gasteiger partial charge in [0.2, 0.25) is 11.8 Å². The summed E-state index contributed by atoms with van der Waals surface area (Å²) in [6, 6.07) is 11.2. The Morgan fingerprint density at radius 2 is 1.68 bits per heavy atom. The van der Waals surface area contributed by atoms with E-state index in [0.29, 0.717) is 30.7 Å². The molecule has 0 aromatic heterocycles. The van der Waals surface area contributed by atoms with Crippen molar-refractivity contribution in [3.63, 3.8) is 0 Å². The fraction of sp³-hybridized carbons (Fsp3) is 0.379. The van der Waals surface area contributed by atoms with Gasteiger partial charge in [-0.05, 0) is 49.1 Å². The van der Waals surface area contributed by atoms with Crippen molar-refractivity contribution in [2.24, 2.45) is 22.2 Å². The lowest BCUT2D eigenvalue weighted by Crippen LogP contribution is -2.63. The van der Waals surface area contributed by atoms with Crippen molar-refractivity contribution in [2.45, 2.75) is 37.8 Å². The Kier molecular flexibility index (Phi) is 13.4. The Balaban J connectivity index is 0.00000675. The number of amidine groups is 1. The van der Waals surface area contributed by atoms with Crippen molar-refractivity contribution < 1.29 is 29.0 Å². The molecule has 3 rings (SSSR count). The number of aliphatic imine (C=N–C) groups is 1. The van der Waals surface area contributed by atoms with Gasteiger partial charge in [-0.25, -0.2) is 0 Å². The van der Waals surface area contributed by atoms with Crippen LogP contribution in [-0.4, -0.2) is 95.8 Å². The first-order valence-corrected chi connectivity index (χ1v) is 13.7. The monoisotopic (exact) mass is 630 g/mol. The minimum absolute atomic E-state index is 0. The number of nitrogens with two attached hydrogens (primary N) is 3. The predicted octanol–water partition coefficient (Wildman–Crippen LogP) is 0.310. The average molecular weight is 631 g/mol. The van der Waals surface area contributed by atoms with Crippen LogP contribution in [0.5, 0.6) is 5.75 Å². The lowest BCUT2D eigenvalue weighted by atomic mass is 9.99. The van der Waals surface area contributed by atoms with Crippen LogP contribution in [0.1, 0.15) is 40.7 Å². The molecule has 1 aliphatic rings. The van der Waals surface area contributed by atoms with Gasteiger partial charge < -0.3 is 42.2 Å². The van der Waals surface area contributed by atoms with E-state index in [1.807, 2.05) is 0 Å². The number of ether oxygens (including phenoxy) is 1. The second kappa shape index (κ2) is 16.7. The molecule has 2 aromatic rings. The number of rotatable bonds is 14. The Bertz CT molecular complexity index is 1350. The first-order valence-electron chi connectivity index (χ1n) is 13.7. The van der Waals surface area contributed by atoms with Crippen LogP contribution in [0.2, 0.25) is 0 Å². The van der Waals surface area contributed by atoms with E-state index in [-0.39, 0.29) is 55.7 Å². The number of nitrogens with zero attached hydrogens (tertiary/aromatic N) is 3. The number of amides is 3. The summed E-state index contributed by atoms with van der Waals surface area (Å²) in [6.45, 7) is -0.00195. The maximum absolute atomic E-state index is 14.1. The van der Waals surface area contributed by atoms with E-state index in [1.165, 1.54) is 41.2 Å². The summed E-state index contributed by atoms with van der Waals surface area (Å²) >= 11 is 0. The number of carbonyl (C=O) groups excluding carboxylic acids is 3. The van der Waals surface area contributed by atoms with Crippen molar-refractivity contribution in [1.82, 2.24) is 15.1 Å². The maximum atomic E-state index is 14.1. The largest absolute Gasteiger partial charge is 0.497 e. The van der Waals surface area contributed by atoms with E-state index in [9.17, 15) is 24.3 Å². The van der Waals surface area contributed by atoms with Gasteiger partial charge in [0, 0.05) is 37.2 Å². The number of benzene rings is 2. The Morgan fingerprint density at radius 3 is 2.25 bits per heavy atom. The van der Waals surface area contributed by atoms with E-state index < -0.39 is 42.3 Å². The van der Waals surface area contributed by atoms with Crippen LogP contribution in [0.4, 0.5) is 0 Å². The first-order chi connectivity index (χ1) is 20.5. The highest BCUT2D eigenvalue weighted by atomic mass is 35.5. The van der Waals surface area contributed by atoms with Gasteiger partial charge in [-0.2, -0.15) is 0 Å². The quantitative estimate of drug-likeness (QED) is 0.0956. The molecule has 3 amide bonds. The van der Waals surface area contributed by atoms with Gasteiger partial charge >= 0.3 is 5.97 Å². The number of halogens is 1. The number of carbonyl (C=O) groups is 4. The van der Waals surface area contributed by atoms with Gasteiger partial charge in [-0.15, -0.1) is 12.4 Å². The average Bonchev–Trinajstić information content (AvgIpc) is 2.98. The molecule has 1 saturated heterocycles.